The van der Waals surface area contributed by atoms with Crippen LogP contribution < -0.4 is 25.6 Å². The van der Waals surface area contributed by atoms with Crippen molar-refractivity contribution in [3.05, 3.63) is 247 Å². The molecule has 0 aliphatic carbocycles. The second-order valence-corrected chi connectivity index (χ2v) is 28.3. The molecule has 422 valence electrons. The number of hydrogen-bond donors (Lipinski definition) is 0. The number of fused-ring (bicyclic) bond motifs is 11. The van der Waals surface area contributed by atoms with E-state index in [1.165, 1.54) is 76.9 Å². The van der Waals surface area contributed by atoms with E-state index in [4.69, 9.17) is 4.42 Å². The third-order valence-corrected chi connectivity index (χ3v) is 18.5. The molecule has 5 nitrogen and oxygen atoms in total. The Balaban J connectivity index is 1.06. The minimum atomic E-state index is -0.245. The number of nitrogens with zero attached hydrogens (tertiary/aromatic N) is 4. The molecule has 11 aromatic carbocycles. The van der Waals surface area contributed by atoms with Crippen molar-refractivity contribution in [2.75, 3.05) is 14.7 Å². The van der Waals surface area contributed by atoms with Gasteiger partial charge >= 0.3 is 6.85 Å². The van der Waals surface area contributed by atoms with Crippen LogP contribution in [0.5, 0.6) is 0 Å². The van der Waals surface area contributed by atoms with E-state index in [9.17, 15) is 0 Å². The van der Waals surface area contributed by atoms with Crippen molar-refractivity contribution in [1.29, 1.82) is 0 Å². The molecule has 2 aliphatic rings. The summed E-state index contributed by atoms with van der Waals surface area (Å²) in [6.07, 6.45) is 0. The van der Waals surface area contributed by atoms with Gasteiger partial charge in [-0.2, -0.15) is 0 Å². The lowest BCUT2D eigenvalue weighted by Crippen LogP contribution is -2.56. The summed E-state index contributed by atoms with van der Waals surface area (Å²) in [6.45, 7) is 27.3. The Hall–Kier alpha value is -9.26. The highest BCUT2D eigenvalue weighted by atomic mass is 16.3. The van der Waals surface area contributed by atoms with Gasteiger partial charge in [0.05, 0.1) is 5.69 Å². The second-order valence-electron chi connectivity index (χ2n) is 28.3. The van der Waals surface area contributed by atoms with Crippen LogP contribution in [0.4, 0.5) is 51.2 Å². The monoisotopic (exact) mass is 1120 g/mol. The van der Waals surface area contributed by atoms with Gasteiger partial charge in [0, 0.05) is 83.6 Å². The van der Waals surface area contributed by atoms with Crippen LogP contribution in [0, 0.1) is 0 Å². The van der Waals surface area contributed by atoms with Crippen LogP contribution in [0.15, 0.2) is 229 Å². The van der Waals surface area contributed by atoms with Crippen LogP contribution in [-0.2, 0) is 21.7 Å². The number of aromatic nitrogens is 1. The molecule has 0 N–H and O–H groups in total. The first-order valence-corrected chi connectivity index (χ1v) is 30.7. The van der Waals surface area contributed by atoms with Crippen LogP contribution in [0.25, 0.3) is 65.6 Å². The Kier molecular flexibility index (Phi) is 11.9. The van der Waals surface area contributed by atoms with Crippen molar-refractivity contribution >= 4 is 123 Å². The Morgan fingerprint density at radius 1 is 0.349 bits per heavy atom. The molecular formula is C80H73BN4O. The molecule has 2 aliphatic heterocycles. The predicted molar refractivity (Wildman–Crippen MR) is 369 cm³/mol. The largest absolute Gasteiger partial charge is 0.454 e. The molecule has 4 heterocycles. The molecule has 0 saturated heterocycles. The van der Waals surface area contributed by atoms with Crippen molar-refractivity contribution in [2.24, 2.45) is 0 Å². The molecule has 0 radical (unpaired) electrons. The van der Waals surface area contributed by atoms with Crippen LogP contribution in [-0.4, -0.2) is 11.3 Å². The lowest BCUT2D eigenvalue weighted by Gasteiger charge is -2.42. The van der Waals surface area contributed by atoms with Crippen LogP contribution in [0.2, 0.25) is 0 Å². The molecule has 13 aromatic rings. The van der Waals surface area contributed by atoms with Gasteiger partial charge in [0.2, 0.25) is 0 Å². The summed E-state index contributed by atoms with van der Waals surface area (Å²) in [5.74, 6) is 0. The maximum Gasteiger partial charge on any atom is 0.333 e. The second kappa shape index (κ2) is 19.1. The number of para-hydroxylation sites is 3. The minimum absolute atomic E-state index is 0.00106. The highest BCUT2D eigenvalue weighted by Crippen LogP contribution is 2.52. The normalized spacial score (nSPS) is 13.3. The van der Waals surface area contributed by atoms with Gasteiger partial charge in [0.15, 0.2) is 5.58 Å². The number of furan rings is 1. The van der Waals surface area contributed by atoms with Crippen molar-refractivity contribution in [3.8, 4) is 11.1 Å². The first-order valence-electron chi connectivity index (χ1n) is 30.7. The molecule has 15 rings (SSSR count). The van der Waals surface area contributed by atoms with Crippen molar-refractivity contribution in [2.45, 2.75) is 105 Å². The predicted octanol–water partition coefficient (Wildman–Crippen LogP) is 21.4. The summed E-state index contributed by atoms with van der Waals surface area (Å²) < 4.78 is 9.83. The van der Waals surface area contributed by atoms with Crippen LogP contribution >= 0.6 is 0 Å². The highest BCUT2D eigenvalue weighted by Gasteiger charge is 2.44. The molecular weight excluding hydrogens is 1040 g/mol. The quantitative estimate of drug-likeness (QED) is 0.149. The van der Waals surface area contributed by atoms with Gasteiger partial charge in [-0.3, -0.25) is 0 Å². The van der Waals surface area contributed by atoms with Gasteiger partial charge in [-0.05, 0) is 174 Å². The summed E-state index contributed by atoms with van der Waals surface area (Å²) in [5.41, 5.74) is 24.0. The highest BCUT2D eigenvalue weighted by molar-refractivity contribution is 6.90. The summed E-state index contributed by atoms with van der Waals surface area (Å²) in [5, 5.41) is 7.14. The Labute approximate surface area is 506 Å². The molecule has 0 atom stereocenters. The molecule has 0 amide bonds. The fourth-order valence-electron chi connectivity index (χ4n) is 13.9. The van der Waals surface area contributed by atoms with Crippen molar-refractivity contribution < 1.29 is 4.42 Å². The number of rotatable bonds is 7. The molecule has 86 heavy (non-hydrogen) atoms. The maximum absolute atomic E-state index is 7.13. The van der Waals surface area contributed by atoms with E-state index >= 15 is 0 Å². The first-order chi connectivity index (χ1) is 41.2. The fourth-order valence-corrected chi connectivity index (χ4v) is 13.9. The van der Waals surface area contributed by atoms with E-state index < -0.39 is 0 Å². The van der Waals surface area contributed by atoms with Crippen molar-refractivity contribution in [3.63, 3.8) is 0 Å². The van der Waals surface area contributed by atoms with Gasteiger partial charge in [-0.25, -0.2) is 0 Å². The van der Waals surface area contributed by atoms with Gasteiger partial charge < -0.3 is 23.6 Å². The Morgan fingerprint density at radius 3 is 1.38 bits per heavy atom. The van der Waals surface area contributed by atoms with Crippen LogP contribution in [0.1, 0.15) is 105 Å². The van der Waals surface area contributed by atoms with E-state index in [0.717, 1.165) is 73.1 Å². The molecule has 2 aromatic heterocycles. The molecule has 0 fully saturated rings. The Bertz CT molecular complexity index is 4730. The Morgan fingerprint density at radius 2 is 0.826 bits per heavy atom. The summed E-state index contributed by atoms with van der Waals surface area (Å²) in [6, 6.07) is 85.2. The van der Waals surface area contributed by atoms with E-state index in [1.54, 1.807) is 0 Å². The van der Waals surface area contributed by atoms with Gasteiger partial charge in [-0.15, -0.1) is 0 Å². The topological polar surface area (TPSA) is 27.8 Å². The van der Waals surface area contributed by atoms with E-state index in [2.05, 4.69) is 327 Å². The fraction of sp³-hybridized carbons (Fsp3) is 0.200. The average molecular weight is 1120 g/mol. The minimum Gasteiger partial charge on any atom is -0.454 e. The summed E-state index contributed by atoms with van der Waals surface area (Å²) >= 11 is 0. The number of hydrogen-bond acceptors (Lipinski definition) is 4. The van der Waals surface area contributed by atoms with Gasteiger partial charge in [0.25, 0.3) is 0 Å². The van der Waals surface area contributed by atoms with Gasteiger partial charge in [-0.1, -0.05) is 204 Å². The molecule has 0 bridgehead atoms. The van der Waals surface area contributed by atoms with Crippen molar-refractivity contribution in [1.82, 2.24) is 4.48 Å². The standard InChI is InChI=1S/C80H73BN4O/c1-77(2,3)52-27-35-56(36-28-52)82(57-37-29-53(30-38-57)78(4,5)6)60-43-44-69-68(48-60)81-74-67(64-23-17-22-63-66-45-50-19-13-14-20-51(50)46-71(66)85(81)75(63)64)47-61(49-72(74)84(69)70-25-18-24-65-62-21-15-16-26-73(62)86-76(65)70)83(58-39-31-54(32-40-58)79(7,8)9)59-41-33-55(34-42-59)80(10,11)12/h13-49H,1-12H3. The zero-order valence-corrected chi connectivity index (χ0v) is 51.6. The van der Waals surface area contributed by atoms with E-state index in [1.807, 2.05) is 0 Å². The third-order valence-electron chi connectivity index (χ3n) is 18.5. The zero-order valence-electron chi connectivity index (χ0n) is 51.6. The zero-order chi connectivity index (χ0) is 59.3. The molecule has 0 spiro atoms. The van der Waals surface area contributed by atoms with Gasteiger partial charge in [0.1, 0.15) is 5.58 Å². The lowest BCUT2D eigenvalue weighted by molar-refractivity contribution is 0.590. The molecule has 6 heteroatoms. The smallest absolute Gasteiger partial charge is 0.333 e. The maximum atomic E-state index is 7.13. The lowest BCUT2D eigenvalue weighted by atomic mass is 9.45. The average Bonchev–Trinajstić information content (AvgIpc) is 1.35. The number of anilines is 9. The SMILES string of the molecule is CC(C)(C)c1ccc(N(c2ccc(C(C)(C)C)cc2)c2ccc3c(c2)B2c4c(cc(N(c5ccc(C(C)(C)C)cc5)c5ccc(C(C)(C)C)cc5)cc4N3c3cccc4c3oc3ccccc34)-c3cccc4c5cc6ccccc6cc5n2c34)cc1. The molecule has 0 saturated carbocycles. The number of benzene rings is 11. The third kappa shape index (κ3) is 8.57. The molecule has 0 unspecified atom stereocenters. The summed E-state index contributed by atoms with van der Waals surface area (Å²) in [4.78, 5) is 7.48. The van der Waals surface area contributed by atoms with Crippen LogP contribution in [0.3, 0.4) is 0 Å². The summed E-state index contributed by atoms with van der Waals surface area (Å²) in [7, 11) is 0. The van der Waals surface area contributed by atoms with E-state index in [0.29, 0.717) is 0 Å². The van der Waals surface area contributed by atoms with E-state index in [-0.39, 0.29) is 28.5 Å². The first kappa shape index (κ1) is 53.5.